The van der Waals surface area contributed by atoms with Crippen molar-refractivity contribution in [3.63, 3.8) is 0 Å². The van der Waals surface area contributed by atoms with Gasteiger partial charge in [0.1, 0.15) is 12.2 Å². The minimum atomic E-state index is -0.189. The van der Waals surface area contributed by atoms with E-state index in [4.69, 9.17) is 23.2 Å². The predicted octanol–water partition coefficient (Wildman–Crippen LogP) is 6.52. The Labute approximate surface area is 201 Å². The van der Waals surface area contributed by atoms with E-state index >= 15 is 0 Å². The number of quaternary nitrogens is 1. The minimum Gasteiger partial charge on any atom is -0.858 e. The van der Waals surface area contributed by atoms with Crippen molar-refractivity contribution >= 4 is 51.8 Å². The van der Waals surface area contributed by atoms with Gasteiger partial charge in [0.15, 0.2) is 0 Å². The summed E-state index contributed by atoms with van der Waals surface area (Å²) in [5.74, 6) is -0.189. The molecule has 8 heteroatoms. The lowest BCUT2D eigenvalue weighted by molar-refractivity contribution is -0.916. The van der Waals surface area contributed by atoms with Gasteiger partial charge in [0.25, 0.3) is 0 Å². The van der Waals surface area contributed by atoms with Crippen LogP contribution >= 0.6 is 23.2 Å². The third-order valence-electron chi connectivity index (χ3n) is 5.98. The molecule has 0 fully saturated rings. The highest BCUT2D eigenvalue weighted by molar-refractivity contribution is 6.39. The molecule has 0 radical (unpaired) electrons. The summed E-state index contributed by atoms with van der Waals surface area (Å²) in [5.41, 5.74) is 2.62. The number of rotatable bonds is 11. The highest BCUT2D eigenvalue weighted by atomic mass is 35.5. The molecule has 0 aliphatic rings. The first-order valence-corrected chi connectivity index (χ1v) is 11.9. The van der Waals surface area contributed by atoms with Crippen LogP contribution in [0.15, 0.2) is 51.6 Å². The van der Waals surface area contributed by atoms with Crippen LogP contribution in [0, 0.1) is 0 Å². The molecule has 2 aromatic rings. The summed E-state index contributed by atoms with van der Waals surface area (Å²) in [7, 11) is 0. The van der Waals surface area contributed by atoms with Crippen molar-refractivity contribution in [3.8, 4) is 0 Å². The van der Waals surface area contributed by atoms with Crippen LogP contribution in [0.25, 0.3) is 0 Å². The molecule has 32 heavy (non-hydrogen) atoms. The standard InChI is InChI=1S/C24H33Cl2N5O/c1-6-30(7-2)20-13-11-18(12-14-20)28-29-24-21(25)15-19(16-22(24)26)27-23(32)17-31(8-3,9-4)10-5/h11-16H,6-10,17H2,1-5H3. The number of hydrogen-bond acceptors (Lipinski definition) is 5. The minimum absolute atomic E-state index is 0.189. The van der Waals surface area contributed by atoms with Gasteiger partial charge in [-0.3, -0.25) is 4.99 Å². The molecule has 0 aromatic heterocycles. The molecule has 0 heterocycles. The molecule has 0 unspecified atom stereocenters. The van der Waals surface area contributed by atoms with Gasteiger partial charge in [0, 0.05) is 24.7 Å². The van der Waals surface area contributed by atoms with E-state index in [1.807, 2.05) is 24.3 Å². The molecular weight excluding hydrogens is 445 g/mol. The van der Waals surface area contributed by atoms with Crippen molar-refractivity contribution in [2.45, 2.75) is 34.6 Å². The lowest BCUT2D eigenvalue weighted by Crippen LogP contribution is -2.53. The van der Waals surface area contributed by atoms with E-state index in [2.05, 4.69) is 54.7 Å². The van der Waals surface area contributed by atoms with Crippen LogP contribution in [0.4, 0.5) is 22.7 Å². The lowest BCUT2D eigenvalue weighted by Gasteiger charge is -2.37. The molecule has 174 valence electrons. The molecule has 0 aliphatic heterocycles. The second-order valence-electron chi connectivity index (χ2n) is 7.60. The molecule has 0 amide bonds. The molecule has 0 atom stereocenters. The maximum atomic E-state index is 12.5. The monoisotopic (exact) mass is 477 g/mol. The highest BCUT2D eigenvalue weighted by Crippen LogP contribution is 2.38. The number of benzene rings is 2. The topological polar surface area (TPSA) is 63.4 Å². The summed E-state index contributed by atoms with van der Waals surface area (Å²) < 4.78 is 0.698. The summed E-state index contributed by atoms with van der Waals surface area (Å²) in [6.45, 7) is 15.4. The molecule has 0 aliphatic carbocycles. The lowest BCUT2D eigenvalue weighted by atomic mass is 10.2. The average Bonchev–Trinajstić information content (AvgIpc) is 2.78. The third kappa shape index (κ3) is 6.67. The maximum absolute atomic E-state index is 12.5. The van der Waals surface area contributed by atoms with Crippen LogP contribution in [0.5, 0.6) is 0 Å². The molecule has 0 saturated carbocycles. The van der Waals surface area contributed by atoms with Crippen LogP contribution < -0.4 is 10.0 Å². The zero-order valence-electron chi connectivity index (χ0n) is 19.6. The number of hydrogen-bond donors (Lipinski definition) is 0. The number of likely N-dealkylation sites (N-methyl/N-ethyl adjacent to an activating group) is 1. The zero-order chi connectivity index (χ0) is 23.7. The Hall–Kier alpha value is -2.15. The fraction of sp³-hybridized carbons (Fsp3) is 0.458. The van der Waals surface area contributed by atoms with Crippen LogP contribution in [0.2, 0.25) is 10.0 Å². The fourth-order valence-corrected chi connectivity index (χ4v) is 4.16. The molecule has 0 saturated heterocycles. The van der Waals surface area contributed by atoms with E-state index in [9.17, 15) is 5.11 Å². The van der Waals surface area contributed by atoms with Crippen LogP contribution in [0.3, 0.4) is 0 Å². The Morgan fingerprint density at radius 1 is 0.844 bits per heavy atom. The Morgan fingerprint density at radius 2 is 1.38 bits per heavy atom. The summed E-state index contributed by atoms with van der Waals surface area (Å²) in [6, 6.07) is 11.0. The van der Waals surface area contributed by atoms with E-state index in [-0.39, 0.29) is 5.90 Å². The third-order valence-corrected chi connectivity index (χ3v) is 6.56. The van der Waals surface area contributed by atoms with E-state index in [0.29, 0.717) is 38.1 Å². The van der Waals surface area contributed by atoms with Crippen molar-refractivity contribution in [2.24, 2.45) is 15.2 Å². The first kappa shape index (κ1) is 26.1. The summed E-state index contributed by atoms with van der Waals surface area (Å²) in [6.07, 6.45) is 0. The van der Waals surface area contributed by atoms with Gasteiger partial charge in [0.2, 0.25) is 0 Å². The Morgan fingerprint density at radius 3 is 1.84 bits per heavy atom. The Balaban J connectivity index is 2.20. The van der Waals surface area contributed by atoms with E-state index in [1.165, 1.54) is 0 Å². The fourth-order valence-electron chi connectivity index (χ4n) is 3.61. The smallest absolute Gasteiger partial charge is 0.123 e. The van der Waals surface area contributed by atoms with Gasteiger partial charge in [-0.2, -0.15) is 5.11 Å². The Bertz CT molecular complexity index is 905. The molecule has 6 nitrogen and oxygen atoms in total. The van der Waals surface area contributed by atoms with Crippen molar-refractivity contribution in [1.82, 2.24) is 0 Å². The van der Waals surface area contributed by atoms with Gasteiger partial charge < -0.3 is 14.5 Å². The van der Waals surface area contributed by atoms with E-state index in [0.717, 1.165) is 38.4 Å². The number of nitrogens with zero attached hydrogens (tertiary/aromatic N) is 5. The first-order valence-electron chi connectivity index (χ1n) is 11.2. The molecule has 2 aromatic carbocycles. The van der Waals surface area contributed by atoms with Crippen LogP contribution in [-0.4, -0.2) is 49.6 Å². The molecule has 2 rings (SSSR count). The summed E-state index contributed by atoms with van der Waals surface area (Å²) >= 11 is 12.8. The normalized spacial score (nSPS) is 12.5. The van der Waals surface area contributed by atoms with Gasteiger partial charge in [0.05, 0.1) is 41.1 Å². The largest absolute Gasteiger partial charge is 0.858 e. The van der Waals surface area contributed by atoms with Crippen molar-refractivity contribution in [2.75, 3.05) is 44.2 Å². The highest BCUT2D eigenvalue weighted by Gasteiger charge is 2.20. The number of azo groups is 1. The molecular formula is C24H33Cl2N5O. The molecule has 0 N–H and O–H groups in total. The van der Waals surface area contributed by atoms with E-state index in [1.54, 1.807) is 12.1 Å². The van der Waals surface area contributed by atoms with Gasteiger partial charge >= 0.3 is 0 Å². The second-order valence-corrected chi connectivity index (χ2v) is 8.42. The van der Waals surface area contributed by atoms with E-state index < -0.39 is 0 Å². The maximum Gasteiger partial charge on any atom is 0.123 e. The predicted molar refractivity (Wildman–Crippen MR) is 134 cm³/mol. The number of aliphatic imine (C=N–C) groups is 1. The van der Waals surface area contributed by atoms with Crippen LogP contribution in [-0.2, 0) is 0 Å². The van der Waals surface area contributed by atoms with Crippen molar-refractivity contribution in [1.29, 1.82) is 0 Å². The van der Waals surface area contributed by atoms with Gasteiger partial charge in [-0.1, -0.05) is 23.2 Å². The van der Waals surface area contributed by atoms with Gasteiger partial charge in [-0.15, -0.1) is 5.11 Å². The second kappa shape index (κ2) is 12.2. The average molecular weight is 478 g/mol. The van der Waals surface area contributed by atoms with Gasteiger partial charge in [-0.25, -0.2) is 0 Å². The number of halogens is 2. The quantitative estimate of drug-likeness (QED) is 0.160. The van der Waals surface area contributed by atoms with Crippen LogP contribution in [0.1, 0.15) is 34.6 Å². The Kier molecular flexibility index (Phi) is 9.94. The summed E-state index contributed by atoms with van der Waals surface area (Å²) in [5, 5.41) is 21.6. The van der Waals surface area contributed by atoms with Gasteiger partial charge in [-0.05, 0) is 71.0 Å². The summed E-state index contributed by atoms with van der Waals surface area (Å²) in [4.78, 5) is 6.46. The number of anilines is 1. The SMILES string of the molecule is CCN(CC)c1ccc(N=Nc2c(Cl)cc(N=C([O-])C[N+](CC)(CC)CC)cc2Cl)cc1. The molecule has 0 spiro atoms. The first-order chi connectivity index (χ1) is 15.3. The zero-order valence-corrected chi connectivity index (χ0v) is 21.1. The van der Waals surface area contributed by atoms with Crippen molar-refractivity contribution < 1.29 is 9.59 Å². The molecule has 0 bridgehead atoms. The van der Waals surface area contributed by atoms with Crippen molar-refractivity contribution in [3.05, 3.63) is 46.4 Å².